The van der Waals surface area contributed by atoms with Crippen LogP contribution in [0.25, 0.3) is 44.5 Å². The second-order valence-corrected chi connectivity index (χ2v) is 14.8. The van der Waals surface area contributed by atoms with E-state index in [4.69, 9.17) is 9.72 Å². The number of likely N-dealkylation sites (tertiary alicyclic amines) is 2. The molecule has 0 saturated carbocycles. The van der Waals surface area contributed by atoms with E-state index in [1.54, 1.807) is 29.1 Å². The Morgan fingerprint density at radius 1 is 0.661 bits per heavy atom. The number of hydrogen-bond acceptors (Lipinski definition) is 9. The summed E-state index contributed by atoms with van der Waals surface area (Å²) >= 11 is 0. The Kier molecular flexibility index (Phi) is 11.1. The lowest BCUT2D eigenvalue weighted by atomic mass is 10.0. The van der Waals surface area contributed by atoms with E-state index >= 15 is 0 Å². The fraction of sp³-hybridized carbons (Fsp3) is 0.295. The van der Waals surface area contributed by atoms with Gasteiger partial charge in [-0.2, -0.15) is 0 Å². The van der Waals surface area contributed by atoms with Crippen LogP contribution in [0, 0.1) is 0 Å². The SMILES string of the molecule is COC(=O)NC(C)C(=O)N1CCCC1c1ncc(-c2ccc3cc(-c4ccc(-c5cnc(C6CCCN6C(=O)C(NC(=O)OC)c6ccccc6)[nH]5)cn4)ccc3c2)[nH]1. The number of carbonyl (C=O) groups is 4. The molecule has 0 radical (unpaired) electrons. The van der Waals surface area contributed by atoms with Crippen molar-refractivity contribution in [1.82, 2.24) is 45.4 Å². The van der Waals surface area contributed by atoms with Gasteiger partial charge in [0.1, 0.15) is 23.7 Å². The third kappa shape index (κ3) is 8.08. The van der Waals surface area contributed by atoms with E-state index in [1.165, 1.54) is 14.2 Å². The van der Waals surface area contributed by atoms with Gasteiger partial charge in [-0.05, 0) is 73.2 Å². The Hall–Kier alpha value is -7.03. The number of imidazole rings is 2. The van der Waals surface area contributed by atoms with Crippen LogP contribution in [0.1, 0.15) is 67.9 Å². The predicted octanol–water partition coefficient (Wildman–Crippen LogP) is 6.85. The average molecular weight is 796 g/mol. The molecule has 4 unspecified atom stereocenters. The topological polar surface area (TPSA) is 188 Å². The van der Waals surface area contributed by atoms with Crippen molar-refractivity contribution >= 4 is 34.8 Å². The highest BCUT2D eigenvalue weighted by Gasteiger charge is 2.37. The number of pyridine rings is 1. The number of carbonyl (C=O) groups excluding carboxylic acids is 4. The van der Waals surface area contributed by atoms with E-state index in [1.807, 2.05) is 54.7 Å². The Morgan fingerprint density at radius 3 is 1.83 bits per heavy atom. The van der Waals surface area contributed by atoms with Crippen molar-refractivity contribution < 1.29 is 28.7 Å². The maximum Gasteiger partial charge on any atom is 0.407 e. The van der Waals surface area contributed by atoms with Gasteiger partial charge in [-0.1, -0.05) is 54.6 Å². The molecule has 5 heterocycles. The number of amides is 4. The Morgan fingerprint density at radius 2 is 1.22 bits per heavy atom. The molecule has 15 nitrogen and oxygen atoms in total. The van der Waals surface area contributed by atoms with Crippen LogP contribution in [0.15, 0.2) is 97.5 Å². The molecule has 2 aliphatic rings. The number of nitrogens with one attached hydrogen (secondary N) is 4. The summed E-state index contributed by atoms with van der Waals surface area (Å²) in [6.45, 7) is 2.78. The number of methoxy groups -OCH3 is 2. The molecule has 2 aliphatic heterocycles. The van der Waals surface area contributed by atoms with Crippen molar-refractivity contribution in [2.24, 2.45) is 0 Å². The van der Waals surface area contributed by atoms with Crippen LogP contribution in [-0.4, -0.2) is 92.1 Å². The summed E-state index contributed by atoms with van der Waals surface area (Å²) in [5.41, 5.74) is 5.94. The van der Waals surface area contributed by atoms with Gasteiger partial charge in [-0.15, -0.1) is 0 Å². The average Bonchev–Trinajstić information content (AvgIpc) is 4.12. The van der Waals surface area contributed by atoms with E-state index in [-0.39, 0.29) is 23.9 Å². The fourth-order valence-corrected chi connectivity index (χ4v) is 8.05. The molecule has 0 aliphatic carbocycles. The van der Waals surface area contributed by atoms with Crippen molar-refractivity contribution in [2.45, 2.75) is 56.8 Å². The number of nitrogens with zero attached hydrogens (tertiary/aromatic N) is 5. The summed E-state index contributed by atoms with van der Waals surface area (Å²) in [6.07, 6.45) is 7.22. The van der Waals surface area contributed by atoms with Crippen molar-refractivity contribution in [3.8, 4) is 33.8 Å². The third-order valence-electron chi connectivity index (χ3n) is 11.1. The summed E-state index contributed by atoms with van der Waals surface area (Å²) in [6, 6.07) is 23.5. The molecular formula is C44H45N9O6. The highest BCUT2D eigenvalue weighted by atomic mass is 16.5. The molecule has 302 valence electrons. The minimum atomic E-state index is -0.889. The van der Waals surface area contributed by atoms with Crippen LogP contribution in [0.4, 0.5) is 9.59 Å². The molecule has 8 rings (SSSR count). The third-order valence-corrected chi connectivity index (χ3v) is 11.1. The zero-order valence-electron chi connectivity index (χ0n) is 33.0. The number of aromatic amines is 2. The highest BCUT2D eigenvalue weighted by Crippen LogP contribution is 2.36. The number of H-pyrrole nitrogens is 2. The number of benzene rings is 3. The molecular weight excluding hydrogens is 751 g/mol. The van der Waals surface area contributed by atoms with E-state index in [0.717, 1.165) is 70.2 Å². The predicted molar refractivity (Wildman–Crippen MR) is 219 cm³/mol. The second kappa shape index (κ2) is 16.8. The van der Waals surface area contributed by atoms with Gasteiger partial charge in [-0.3, -0.25) is 14.6 Å². The normalized spacial score (nSPS) is 17.4. The van der Waals surface area contributed by atoms with Gasteiger partial charge in [0.15, 0.2) is 0 Å². The van der Waals surface area contributed by atoms with E-state index in [9.17, 15) is 19.2 Å². The molecule has 0 bridgehead atoms. The first-order valence-corrected chi connectivity index (χ1v) is 19.7. The number of aromatic nitrogens is 5. The monoisotopic (exact) mass is 795 g/mol. The standard InChI is InChI=1S/C44H45N9O6/c1-26(48-43(56)58-2)41(54)52-19-7-11-36(52)39-46-24-34(49-39)31-16-14-28-21-30(15-13-29(28)22-31)33-18-17-32(23-45-33)35-25-47-40(50-35)37-12-8-20-53(37)42(55)38(51-44(57)59-3)27-9-5-4-6-10-27/h4-6,9-10,13-18,21-26,36-38H,7-8,11-12,19-20H2,1-3H3,(H,46,49)(H,47,50)(H,48,56)(H,51,57). The Bertz CT molecular complexity index is 2480. The number of fused-ring (bicyclic) bond motifs is 1. The maximum absolute atomic E-state index is 13.9. The molecule has 4 amide bonds. The van der Waals surface area contributed by atoms with Crippen molar-refractivity contribution in [3.63, 3.8) is 0 Å². The number of hydrogen-bond donors (Lipinski definition) is 4. The van der Waals surface area contributed by atoms with Crippen LogP contribution >= 0.6 is 0 Å². The molecule has 4 atom stereocenters. The van der Waals surface area contributed by atoms with Crippen LogP contribution in [-0.2, 0) is 19.1 Å². The molecule has 3 aromatic carbocycles. The Labute approximate surface area is 340 Å². The van der Waals surface area contributed by atoms with Crippen molar-refractivity contribution in [3.05, 3.63) is 115 Å². The van der Waals surface area contributed by atoms with Gasteiger partial charge in [0.05, 0.1) is 55.8 Å². The lowest BCUT2D eigenvalue weighted by Gasteiger charge is -2.28. The van der Waals surface area contributed by atoms with Gasteiger partial charge in [0, 0.05) is 36.0 Å². The molecule has 0 spiro atoms. The van der Waals surface area contributed by atoms with Crippen LogP contribution in [0.3, 0.4) is 0 Å². The fourth-order valence-electron chi connectivity index (χ4n) is 8.05. The van der Waals surface area contributed by atoms with E-state index in [0.29, 0.717) is 30.3 Å². The number of ether oxygens (including phenoxy) is 2. The lowest BCUT2D eigenvalue weighted by molar-refractivity contribution is -0.135. The second-order valence-electron chi connectivity index (χ2n) is 14.8. The van der Waals surface area contributed by atoms with Gasteiger partial charge in [0.2, 0.25) is 5.91 Å². The van der Waals surface area contributed by atoms with Gasteiger partial charge in [0.25, 0.3) is 5.91 Å². The quantitative estimate of drug-likeness (QED) is 0.115. The first-order valence-electron chi connectivity index (χ1n) is 19.7. The van der Waals surface area contributed by atoms with Crippen molar-refractivity contribution in [2.75, 3.05) is 27.3 Å². The van der Waals surface area contributed by atoms with Crippen molar-refractivity contribution in [1.29, 1.82) is 0 Å². The first-order chi connectivity index (χ1) is 28.7. The smallest absolute Gasteiger partial charge is 0.407 e. The molecule has 6 aromatic rings. The summed E-state index contributed by atoms with van der Waals surface area (Å²) in [5, 5.41) is 7.38. The minimum absolute atomic E-state index is 0.177. The summed E-state index contributed by atoms with van der Waals surface area (Å²) in [5.74, 6) is 0.989. The molecule has 2 fully saturated rings. The molecule has 2 saturated heterocycles. The van der Waals surface area contributed by atoms with Gasteiger partial charge < -0.3 is 39.9 Å². The zero-order valence-corrected chi connectivity index (χ0v) is 33.0. The molecule has 59 heavy (non-hydrogen) atoms. The Balaban J connectivity index is 0.940. The summed E-state index contributed by atoms with van der Waals surface area (Å²) < 4.78 is 9.48. The first kappa shape index (κ1) is 38.8. The van der Waals surface area contributed by atoms with E-state index < -0.39 is 24.3 Å². The largest absolute Gasteiger partial charge is 0.453 e. The summed E-state index contributed by atoms with van der Waals surface area (Å²) in [7, 11) is 2.55. The minimum Gasteiger partial charge on any atom is -0.453 e. The summed E-state index contributed by atoms with van der Waals surface area (Å²) in [4.78, 5) is 75.5. The maximum atomic E-state index is 13.9. The highest BCUT2D eigenvalue weighted by molar-refractivity contribution is 5.91. The van der Waals surface area contributed by atoms with Crippen LogP contribution in [0.2, 0.25) is 0 Å². The molecule has 15 heteroatoms. The van der Waals surface area contributed by atoms with Gasteiger partial charge >= 0.3 is 12.2 Å². The molecule has 4 N–H and O–H groups in total. The zero-order chi connectivity index (χ0) is 41.0. The van der Waals surface area contributed by atoms with Crippen LogP contribution in [0.5, 0.6) is 0 Å². The number of alkyl carbamates (subject to hydrolysis) is 2. The van der Waals surface area contributed by atoms with E-state index in [2.05, 4.69) is 65.6 Å². The number of rotatable bonds is 10. The lowest BCUT2D eigenvalue weighted by Crippen LogP contribution is -2.46. The van der Waals surface area contributed by atoms with Crippen LogP contribution < -0.4 is 10.6 Å². The molecule has 3 aromatic heterocycles. The van der Waals surface area contributed by atoms with Gasteiger partial charge in [-0.25, -0.2) is 19.6 Å².